The van der Waals surface area contributed by atoms with Gasteiger partial charge in [-0.3, -0.25) is 14.5 Å². The molecule has 8 heteroatoms. The molecule has 0 spiro atoms. The summed E-state index contributed by atoms with van der Waals surface area (Å²) < 4.78 is 0. The first-order valence-corrected chi connectivity index (χ1v) is 11.2. The van der Waals surface area contributed by atoms with Crippen LogP contribution in [-0.4, -0.2) is 70.9 Å². The van der Waals surface area contributed by atoms with Gasteiger partial charge in [0.25, 0.3) is 11.8 Å². The number of rotatable bonds is 6. The van der Waals surface area contributed by atoms with E-state index in [0.29, 0.717) is 24.8 Å². The van der Waals surface area contributed by atoms with Gasteiger partial charge in [-0.05, 0) is 31.4 Å². The third-order valence-corrected chi connectivity index (χ3v) is 6.75. The van der Waals surface area contributed by atoms with Crippen molar-refractivity contribution < 1.29 is 9.59 Å². The number of piperazine rings is 1. The number of carbonyl (C=O) groups is 2. The number of amides is 2. The molecule has 2 amide bonds. The van der Waals surface area contributed by atoms with Gasteiger partial charge in [-0.15, -0.1) is 11.3 Å². The molecule has 7 nitrogen and oxygen atoms in total. The summed E-state index contributed by atoms with van der Waals surface area (Å²) in [7, 11) is 0. The van der Waals surface area contributed by atoms with Crippen molar-refractivity contribution in [1.29, 1.82) is 0 Å². The summed E-state index contributed by atoms with van der Waals surface area (Å²) in [6, 6.07) is 10.4. The highest BCUT2D eigenvalue weighted by molar-refractivity contribution is 7.13. The maximum atomic E-state index is 13.0. The number of carbonyl (C=O) groups excluding carboxylic acids is 2. The molecule has 152 valence electrons. The second-order valence-electron chi connectivity index (χ2n) is 8.08. The molecule has 1 saturated carbocycles. The molecule has 2 N–H and O–H groups in total. The third kappa shape index (κ3) is 4.00. The Balaban J connectivity index is 1.21. The van der Waals surface area contributed by atoms with Gasteiger partial charge in [0, 0.05) is 55.2 Å². The van der Waals surface area contributed by atoms with E-state index in [0.717, 1.165) is 30.2 Å². The summed E-state index contributed by atoms with van der Waals surface area (Å²) >= 11 is 1.47. The number of hydrogen-bond acceptors (Lipinski definition) is 6. The lowest BCUT2D eigenvalue weighted by molar-refractivity contribution is 0.0493. The lowest BCUT2D eigenvalue weighted by Crippen LogP contribution is -2.57. The number of nitrogens with one attached hydrogen (secondary N) is 2. The van der Waals surface area contributed by atoms with Crippen LogP contribution in [0.4, 0.5) is 5.13 Å². The zero-order chi connectivity index (χ0) is 19.8. The molecule has 2 saturated heterocycles. The molecule has 2 bridgehead atoms. The van der Waals surface area contributed by atoms with Crippen LogP contribution in [0.2, 0.25) is 0 Å². The first kappa shape index (κ1) is 18.6. The highest BCUT2D eigenvalue weighted by Gasteiger charge is 2.40. The molecular weight excluding hydrogens is 386 g/mol. The lowest BCUT2D eigenvalue weighted by Gasteiger charge is -2.40. The summed E-state index contributed by atoms with van der Waals surface area (Å²) in [4.78, 5) is 34.3. The number of thiazole rings is 1. The van der Waals surface area contributed by atoms with Crippen molar-refractivity contribution in [2.24, 2.45) is 0 Å². The normalized spacial score (nSPS) is 25.7. The molecule has 3 fully saturated rings. The fraction of sp³-hybridized carbons (Fsp3) is 0.476. The topological polar surface area (TPSA) is 77.6 Å². The standard InChI is InChI=1S/C21H25N5O2S/c27-19(18-13-29-21(24-18)23-15-6-7-15)22-10-17-12-26(16-8-9-25(17)11-16)20(28)14-4-2-1-3-5-14/h1-5,13,15-17H,6-12H2,(H,22,27)(H,23,24). The van der Waals surface area contributed by atoms with Crippen molar-refractivity contribution in [3.63, 3.8) is 0 Å². The molecule has 5 rings (SSSR count). The number of nitrogens with zero attached hydrogens (tertiary/aromatic N) is 3. The fourth-order valence-corrected chi connectivity index (χ4v) is 4.95. The average molecular weight is 412 g/mol. The molecule has 2 aromatic rings. The molecule has 1 aliphatic carbocycles. The minimum atomic E-state index is -0.146. The van der Waals surface area contributed by atoms with Crippen LogP contribution in [-0.2, 0) is 0 Å². The van der Waals surface area contributed by atoms with Crippen molar-refractivity contribution in [2.75, 3.05) is 31.5 Å². The Bertz CT molecular complexity index is 897. The predicted octanol–water partition coefficient (Wildman–Crippen LogP) is 2.05. The van der Waals surface area contributed by atoms with Crippen LogP contribution in [0.3, 0.4) is 0 Å². The molecule has 3 atom stereocenters. The van der Waals surface area contributed by atoms with E-state index in [9.17, 15) is 9.59 Å². The van der Waals surface area contributed by atoms with Crippen molar-refractivity contribution in [2.45, 2.75) is 37.4 Å². The zero-order valence-corrected chi connectivity index (χ0v) is 17.0. The quantitative estimate of drug-likeness (QED) is 0.761. The van der Waals surface area contributed by atoms with Gasteiger partial charge < -0.3 is 15.5 Å². The van der Waals surface area contributed by atoms with Crippen molar-refractivity contribution in [1.82, 2.24) is 20.1 Å². The molecule has 1 aromatic heterocycles. The second-order valence-corrected chi connectivity index (χ2v) is 8.94. The first-order chi connectivity index (χ1) is 14.2. The van der Waals surface area contributed by atoms with Gasteiger partial charge in [0.15, 0.2) is 5.13 Å². The largest absolute Gasteiger partial charge is 0.359 e. The van der Waals surface area contributed by atoms with E-state index in [4.69, 9.17) is 0 Å². The summed E-state index contributed by atoms with van der Waals surface area (Å²) in [6.45, 7) is 3.01. The van der Waals surface area contributed by atoms with E-state index in [1.807, 2.05) is 35.2 Å². The fourth-order valence-electron chi connectivity index (χ4n) is 4.18. The Morgan fingerprint density at radius 1 is 1.14 bits per heavy atom. The molecule has 0 radical (unpaired) electrons. The van der Waals surface area contributed by atoms with Crippen molar-refractivity contribution in [3.05, 3.63) is 47.0 Å². The molecule has 2 aliphatic heterocycles. The molecule has 3 unspecified atom stereocenters. The summed E-state index contributed by atoms with van der Waals surface area (Å²) in [5, 5.41) is 8.98. The predicted molar refractivity (Wildman–Crippen MR) is 112 cm³/mol. The first-order valence-electron chi connectivity index (χ1n) is 10.3. The minimum Gasteiger partial charge on any atom is -0.359 e. The van der Waals surface area contributed by atoms with Gasteiger partial charge in [-0.2, -0.15) is 0 Å². The van der Waals surface area contributed by atoms with Gasteiger partial charge >= 0.3 is 0 Å². The van der Waals surface area contributed by atoms with Gasteiger partial charge in [0.1, 0.15) is 5.69 Å². The number of anilines is 1. The second kappa shape index (κ2) is 7.76. The van der Waals surface area contributed by atoms with Gasteiger partial charge in [-0.25, -0.2) is 4.98 Å². The zero-order valence-electron chi connectivity index (χ0n) is 16.2. The molecule has 29 heavy (non-hydrogen) atoms. The Labute approximate surface area is 174 Å². The minimum absolute atomic E-state index is 0.0868. The maximum absolute atomic E-state index is 13.0. The monoisotopic (exact) mass is 411 g/mol. The number of benzene rings is 1. The highest BCUT2D eigenvalue weighted by Crippen LogP contribution is 2.27. The van der Waals surface area contributed by atoms with Crippen LogP contribution < -0.4 is 10.6 Å². The van der Waals surface area contributed by atoms with Crippen LogP contribution in [0.5, 0.6) is 0 Å². The van der Waals surface area contributed by atoms with Crippen LogP contribution in [0.25, 0.3) is 0 Å². The molecule has 3 heterocycles. The lowest BCUT2D eigenvalue weighted by atomic mass is 10.1. The van der Waals surface area contributed by atoms with Crippen LogP contribution >= 0.6 is 11.3 Å². The van der Waals surface area contributed by atoms with Crippen molar-refractivity contribution in [3.8, 4) is 0 Å². The van der Waals surface area contributed by atoms with Crippen LogP contribution in [0.1, 0.15) is 40.1 Å². The number of aromatic nitrogens is 1. The molecular formula is C21H25N5O2S. The Morgan fingerprint density at radius 3 is 2.76 bits per heavy atom. The van der Waals surface area contributed by atoms with E-state index >= 15 is 0 Å². The smallest absolute Gasteiger partial charge is 0.270 e. The van der Waals surface area contributed by atoms with Crippen molar-refractivity contribution >= 4 is 28.3 Å². The average Bonchev–Trinajstić information content (AvgIpc) is 3.27. The van der Waals surface area contributed by atoms with Gasteiger partial charge in [-0.1, -0.05) is 18.2 Å². The SMILES string of the molecule is O=C(NCC1CN(C(=O)c2ccccc2)C2CCN1C2)c1csc(NC2CC2)n1. The van der Waals surface area contributed by atoms with Gasteiger partial charge in [0.05, 0.1) is 0 Å². The maximum Gasteiger partial charge on any atom is 0.270 e. The summed E-state index contributed by atoms with van der Waals surface area (Å²) in [6.07, 6.45) is 3.35. The Hall–Kier alpha value is -2.45. The summed E-state index contributed by atoms with van der Waals surface area (Å²) in [5.74, 6) is -0.0591. The van der Waals surface area contributed by atoms with Crippen LogP contribution in [0.15, 0.2) is 35.7 Å². The van der Waals surface area contributed by atoms with E-state index < -0.39 is 0 Å². The Morgan fingerprint density at radius 2 is 1.97 bits per heavy atom. The Kier molecular flexibility index (Phi) is 4.97. The van der Waals surface area contributed by atoms with E-state index in [1.54, 1.807) is 5.38 Å². The third-order valence-electron chi connectivity index (χ3n) is 5.98. The number of hydrogen-bond donors (Lipinski definition) is 2. The van der Waals surface area contributed by atoms with E-state index in [-0.39, 0.29) is 23.9 Å². The van der Waals surface area contributed by atoms with Crippen LogP contribution in [0, 0.1) is 0 Å². The van der Waals surface area contributed by atoms with E-state index in [1.165, 1.54) is 24.2 Å². The molecule has 1 aromatic carbocycles. The number of fused-ring (bicyclic) bond motifs is 2. The van der Waals surface area contributed by atoms with Gasteiger partial charge in [0.2, 0.25) is 0 Å². The summed E-state index contributed by atoms with van der Waals surface area (Å²) in [5.41, 5.74) is 1.19. The van der Waals surface area contributed by atoms with E-state index in [2.05, 4.69) is 20.5 Å². The molecule has 3 aliphatic rings. The highest BCUT2D eigenvalue weighted by atomic mass is 32.1.